The Labute approximate surface area is 124 Å². The maximum atomic E-state index is 6.20. The number of nitrogens with zero attached hydrogens (tertiary/aromatic N) is 2. The second-order valence-corrected chi connectivity index (χ2v) is 10.9. The highest BCUT2D eigenvalue weighted by Crippen LogP contribution is 2.63. The Morgan fingerprint density at radius 1 is 1.16 bits per heavy atom. The van der Waals surface area contributed by atoms with Crippen molar-refractivity contribution in [3.8, 4) is 0 Å². The first-order valence-electron chi connectivity index (χ1n) is 7.27. The molecule has 1 heterocycles. The van der Waals surface area contributed by atoms with Gasteiger partial charge in [0.25, 0.3) is 0 Å². The molecule has 3 nitrogen and oxygen atoms in total. The molecule has 0 aromatic carbocycles. The summed E-state index contributed by atoms with van der Waals surface area (Å²) in [5, 5.41) is 0. The van der Waals surface area contributed by atoms with E-state index in [9.17, 15) is 0 Å². The van der Waals surface area contributed by atoms with Gasteiger partial charge < -0.3 is 4.52 Å². The topological polar surface area (TPSA) is 15.7 Å². The van der Waals surface area contributed by atoms with Gasteiger partial charge in [-0.15, -0.1) is 0 Å². The SMILES string of the molecule is CCO[P@]1(=S)N(C(C)(C)C)CC[C@H](C)N1C(C)(C)C. The van der Waals surface area contributed by atoms with Gasteiger partial charge in [-0.05, 0) is 73.6 Å². The van der Waals surface area contributed by atoms with Crippen LogP contribution in [0.4, 0.5) is 0 Å². The van der Waals surface area contributed by atoms with Crippen LogP contribution in [0, 0.1) is 0 Å². The van der Waals surface area contributed by atoms with Gasteiger partial charge in [-0.2, -0.15) is 0 Å². The average molecular weight is 306 g/mol. The van der Waals surface area contributed by atoms with Crippen molar-refractivity contribution >= 4 is 18.4 Å². The molecule has 1 aliphatic rings. The molecule has 114 valence electrons. The van der Waals surface area contributed by atoms with Gasteiger partial charge in [0.2, 0.25) is 6.57 Å². The fraction of sp³-hybridized carbons (Fsp3) is 1.00. The normalized spacial score (nSPS) is 31.7. The summed E-state index contributed by atoms with van der Waals surface area (Å²) in [6.07, 6.45) is 1.15. The molecule has 0 saturated carbocycles. The Hall–Kier alpha value is 0.530. The Balaban J connectivity index is 3.29. The predicted octanol–water partition coefficient (Wildman–Crippen LogP) is 4.24. The minimum Gasteiger partial charge on any atom is -0.327 e. The monoisotopic (exact) mass is 306 g/mol. The summed E-state index contributed by atoms with van der Waals surface area (Å²) in [7, 11) is 0. The third kappa shape index (κ3) is 3.59. The van der Waals surface area contributed by atoms with Crippen LogP contribution in [0.15, 0.2) is 0 Å². The van der Waals surface area contributed by atoms with Crippen molar-refractivity contribution < 1.29 is 4.52 Å². The van der Waals surface area contributed by atoms with Gasteiger partial charge in [-0.3, -0.25) is 0 Å². The van der Waals surface area contributed by atoms with Gasteiger partial charge in [0.1, 0.15) is 0 Å². The minimum atomic E-state index is -2.13. The van der Waals surface area contributed by atoms with Crippen molar-refractivity contribution in [3.05, 3.63) is 0 Å². The van der Waals surface area contributed by atoms with Crippen molar-refractivity contribution in [1.82, 2.24) is 9.34 Å². The Kier molecular flexibility index (Phi) is 5.30. The lowest BCUT2D eigenvalue weighted by molar-refractivity contribution is 0.0912. The third-order valence-corrected chi connectivity index (χ3v) is 8.49. The molecule has 1 saturated heterocycles. The maximum Gasteiger partial charge on any atom is 0.204 e. The highest BCUT2D eigenvalue weighted by atomic mass is 32.5. The first kappa shape index (κ1) is 17.6. The molecule has 0 spiro atoms. The molecule has 0 aliphatic carbocycles. The molecule has 0 bridgehead atoms. The van der Waals surface area contributed by atoms with Crippen LogP contribution in [-0.2, 0) is 16.3 Å². The molecule has 0 unspecified atom stereocenters. The zero-order valence-corrected chi connectivity index (χ0v) is 15.6. The molecule has 0 aromatic rings. The highest BCUT2D eigenvalue weighted by Gasteiger charge is 2.48. The van der Waals surface area contributed by atoms with Crippen LogP contribution in [0.2, 0.25) is 0 Å². The minimum absolute atomic E-state index is 0.0357. The van der Waals surface area contributed by atoms with Crippen molar-refractivity contribution in [1.29, 1.82) is 0 Å². The summed E-state index contributed by atoms with van der Waals surface area (Å²) in [5.74, 6) is 0. The molecule has 5 heteroatoms. The van der Waals surface area contributed by atoms with E-state index >= 15 is 0 Å². The van der Waals surface area contributed by atoms with Gasteiger partial charge in [0, 0.05) is 23.7 Å². The van der Waals surface area contributed by atoms with E-state index in [4.69, 9.17) is 16.3 Å². The fourth-order valence-electron chi connectivity index (χ4n) is 2.98. The Morgan fingerprint density at radius 3 is 2.05 bits per heavy atom. The van der Waals surface area contributed by atoms with Gasteiger partial charge in [0.05, 0.1) is 6.61 Å². The molecule has 1 rings (SSSR count). The summed E-state index contributed by atoms with van der Waals surface area (Å²) in [6, 6.07) is 0.482. The molecule has 1 aliphatic heterocycles. The second-order valence-electron chi connectivity index (χ2n) is 7.36. The smallest absolute Gasteiger partial charge is 0.204 e. The number of rotatable bonds is 2. The van der Waals surface area contributed by atoms with E-state index in [1.54, 1.807) is 0 Å². The van der Waals surface area contributed by atoms with Gasteiger partial charge in [0.15, 0.2) is 0 Å². The zero-order chi connectivity index (χ0) is 15.1. The highest BCUT2D eigenvalue weighted by molar-refractivity contribution is 8.10. The van der Waals surface area contributed by atoms with Crippen molar-refractivity contribution in [2.24, 2.45) is 0 Å². The molecular formula is C14H31N2OPS. The van der Waals surface area contributed by atoms with Crippen LogP contribution in [0.3, 0.4) is 0 Å². The lowest BCUT2D eigenvalue weighted by Crippen LogP contribution is -2.56. The molecule has 0 amide bonds. The molecule has 2 atom stereocenters. The zero-order valence-electron chi connectivity index (χ0n) is 13.9. The quantitative estimate of drug-likeness (QED) is 0.709. The summed E-state index contributed by atoms with van der Waals surface area (Å²) in [6.45, 7) is 17.4. The predicted molar refractivity (Wildman–Crippen MR) is 88.0 cm³/mol. The standard InChI is InChI=1S/C14H31N2OPS/c1-9-17-18(19)15(13(3,4)5)11-10-12(2)16(18)14(6,7)8/h12H,9-11H2,1-8H3/t12-,18-/m0/s1. The van der Waals surface area contributed by atoms with Gasteiger partial charge in [-0.25, -0.2) is 9.34 Å². The third-order valence-electron chi connectivity index (χ3n) is 3.51. The van der Waals surface area contributed by atoms with E-state index < -0.39 is 6.57 Å². The van der Waals surface area contributed by atoms with Crippen molar-refractivity contribution in [2.75, 3.05) is 13.2 Å². The van der Waals surface area contributed by atoms with Gasteiger partial charge in [-0.1, -0.05) is 0 Å². The summed E-state index contributed by atoms with van der Waals surface area (Å²) in [5.41, 5.74) is 0.0857. The lowest BCUT2D eigenvalue weighted by atomic mass is 10.0. The van der Waals surface area contributed by atoms with E-state index in [1.165, 1.54) is 0 Å². The Bertz CT molecular complexity index is 359. The summed E-state index contributed by atoms with van der Waals surface area (Å²) >= 11 is 6.11. The Morgan fingerprint density at radius 2 is 1.68 bits per heavy atom. The summed E-state index contributed by atoms with van der Waals surface area (Å²) < 4.78 is 11.1. The lowest BCUT2D eigenvalue weighted by Gasteiger charge is -2.57. The first-order chi connectivity index (χ1) is 8.44. The molecule has 19 heavy (non-hydrogen) atoms. The number of hydrogen-bond donors (Lipinski definition) is 0. The molecule has 0 radical (unpaired) electrons. The molecular weight excluding hydrogens is 275 g/mol. The van der Waals surface area contributed by atoms with E-state index in [0.29, 0.717) is 12.6 Å². The van der Waals surface area contributed by atoms with E-state index in [1.807, 2.05) is 0 Å². The first-order valence-corrected chi connectivity index (χ1v) is 9.89. The van der Waals surface area contributed by atoms with E-state index in [2.05, 4.69) is 64.7 Å². The van der Waals surface area contributed by atoms with Crippen LogP contribution in [-0.4, -0.2) is 39.6 Å². The van der Waals surface area contributed by atoms with Crippen LogP contribution in [0.5, 0.6) is 0 Å². The number of hydrogen-bond acceptors (Lipinski definition) is 2. The molecule has 0 aromatic heterocycles. The maximum absolute atomic E-state index is 6.20. The average Bonchev–Trinajstić information content (AvgIpc) is 2.12. The largest absolute Gasteiger partial charge is 0.327 e. The van der Waals surface area contributed by atoms with Crippen molar-refractivity contribution in [3.63, 3.8) is 0 Å². The molecule has 1 fully saturated rings. The van der Waals surface area contributed by atoms with Crippen molar-refractivity contribution in [2.45, 2.75) is 78.9 Å². The fourth-order valence-corrected chi connectivity index (χ4v) is 8.82. The summed E-state index contributed by atoms with van der Waals surface area (Å²) in [4.78, 5) is 0. The van der Waals surface area contributed by atoms with E-state index in [0.717, 1.165) is 13.0 Å². The second kappa shape index (κ2) is 5.73. The molecule has 0 N–H and O–H groups in total. The van der Waals surface area contributed by atoms with Crippen LogP contribution in [0.1, 0.15) is 61.8 Å². The van der Waals surface area contributed by atoms with Crippen LogP contribution >= 0.6 is 6.57 Å². The van der Waals surface area contributed by atoms with Crippen LogP contribution in [0.25, 0.3) is 0 Å². The van der Waals surface area contributed by atoms with Gasteiger partial charge >= 0.3 is 0 Å². The van der Waals surface area contributed by atoms with Crippen LogP contribution < -0.4 is 0 Å². The van der Waals surface area contributed by atoms with E-state index in [-0.39, 0.29) is 11.1 Å².